The molecule has 0 atom stereocenters. The number of carbonyl (C=O) groups is 1. The molecule has 2 rings (SSSR count). The minimum absolute atomic E-state index is 0.203. The number of nitrogens with zero attached hydrogens (tertiary/aromatic N) is 4. The molecule has 116 valence electrons. The van der Waals surface area contributed by atoms with E-state index in [4.69, 9.17) is 5.73 Å². The van der Waals surface area contributed by atoms with Crippen molar-refractivity contribution in [3.05, 3.63) is 18.6 Å². The van der Waals surface area contributed by atoms with Gasteiger partial charge in [-0.05, 0) is 12.8 Å². The summed E-state index contributed by atoms with van der Waals surface area (Å²) in [5.41, 5.74) is 5.48. The lowest BCUT2D eigenvalue weighted by Gasteiger charge is -2.40. The van der Waals surface area contributed by atoms with Crippen molar-refractivity contribution in [1.29, 1.82) is 0 Å². The van der Waals surface area contributed by atoms with Crippen LogP contribution in [0.15, 0.2) is 18.6 Å². The lowest BCUT2D eigenvalue weighted by molar-refractivity contribution is -0.142. The van der Waals surface area contributed by atoms with Gasteiger partial charge in [0.2, 0.25) is 5.91 Å². The first-order chi connectivity index (χ1) is 10.2. The minimum atomic E-state index is -0.394. The summed E-state index contributed by atoms with van der Waals surface area (Å²) in [7, 11) is 0. The third kappa shape index (κ3) is 3.15. The van der Waals surface area contributed by atoms with Gasteiger partial charge in [-0.25, -0.2) is 4.98 Å². The third-order valence-corrected chi connectivity index (χ3v) is 4.64. The number of anilines is 1. The molecule has 0 saturated carbocycles. The van der Waals surface area contributed by atoms with E-state index < -0.39 is 5.41 Å². The minimum Gasteiger partial charge on any atom is -0.352 e. The van der Waals surface area contributed by atoms with Gasteiger partial charge in [-0.3, -0.25) is 9.78 Å². The first-order valence-corrected chi connectivity index (χ1v) is 7.67. The maximum atomic E-state index is 12.8. The highest BCUT2D eigenvalue weighted by molar-refractivity contribution is 5.83. The van der Waals surface area contributed by atoms with Crippen LogP contribution in [0.25, 0.3) is 0 Å². The summed E-state index contributed by atoms with van der Waals surface area (Å²) in [5.74, 6) is 1.08. The molecule has 1 saturated heterocycles. The fraction of sp³-hybridized carbons (Fsp3) is 0.667. The fourth-order valence-electron chi connectivity index (χ4n) is 2.86. The van der Waals surface area contributed by atoms with E-state index in [1.165, 1.54) is 0 Å². The highest BCUT2D eigenvalue weighted by Gasteiger charge is 2.37. The summed E-state index contributed by atoms with van der Waals surface area (Å²) in [6, 6.07) is 0. The molecule has 0 aliphatic carbocycles. The Kier molecular flexibility index (Phi) is 5.12. The maximum Gasteiger partial charge on any atom is 0.230 e. The number of nitrogens with two attached hydrogens (primary N) is 1. The van der Waals surface area contributed by atoms with Gasteiger partial charge in [-0.1, -0.05) is 13.8 Å². The number of carbonyl (C=O) groups excluding carboxylic acids is 1. The second-order valence-electron chi connectivity index (χ2n) is 5.53. The van der Waals surface area contributed by atoms with Gasteiger partial charge in [0.05, 0.1) is 11.6 Å². The van der Waals surface area contributed by atoms with E-state index in [2.05, 4.69) is 14.9 Å². The molecule has 1 aromatic heterocycles. The Labute approximate surface area is 126 Å². The van der Waals surface area contributed by atoms with E-state index in [0.717, 1.165) is 44.8 Å². The zero-order valence-electron chi connectivity index (χ0n) is 13.0. The van der Waals surface area contributed by atoms with Crippen molar-refractivity contribution in [3.63, 3.8) is 0 Å². The molecule has 0 bridgehead atoms. The zero-order valence-corrected chi connectivity index (χ0v) is 13.0. The van der Waals surface area contributed by atoms with E-state index in [1.807, 2.05) is 18.7 Å². The molecule has 1 aromatic rings. The van der Waals surface area contributed by atoms with E-state index in [-0.39, 0.29) is 5.91 Å². The number of amides is 1. The number of hydrogen-bond acceptors (Lipinski definition) is 5. The maximum absolute atomic E-state index is 12.8. The summed E-state index contributed by atoms with van der Waals surface area (Å²) >= 11 is 0. The highest BCUT2D eigenvalue weighted by Crippen LogP contribution is 2.28. The molecule has 6 nitrogen and oxygen atoms in total. The summed E-state index contributed by atoms with van der Waals surface area (Å²) < 4.78 is 0. The van der Waals surface area contributed by atoms with Crippen LogP contribution in [0.1, 0.15) is 26.7 Å². The van der Waals surface area contributed by atoms with Crippen LogP contribution in [-0.2, 0) is 4.79 Å². The average molecular weight is 291 g/mol. The van der Waals surface area contributed by atoms with Crippen LogP contribution < -0.4 is 10.6 Å². The molecular weight excluding hydrogens is 266 g/mol. The average Bonchev–Trinajstić information content (AvgIpc) is 2.58. The SMILES string of the molecule is CCC(CC)(CN)C(=O)N1CCN(c2cnccn2)CC1. The van der Waals surface area contributed by atoms with Crippen molar-refractivity contribution >= 4 is 11.7 Å². The normalized spacial score (nSPS) is 16.1. The second-order valence-corrected chi connectivity index (χ2v) is 5.53. The standard InChI is InChI=1S/C15H25N5O/c1-3-15(4-2,12-16)14(21)20-9-7-19(8-10-20)13-11-17-5-6-18-13/h5-6,11H,3-4,7-10,12,16H2,1-2H3. The molecule has 2 N–H and O–H groups in total. The van der Waals surface area contributed by atoms with Crippen molar-refractivity contribution in [1.82, 2.24) is 14.9 Å². The van der Waals surface area contributed by atoms with Crippen molar-refractivity contribution in [2.75, 3.05) is 37.6 Å². The Balaban J connectivity index is 1.99. The summed E-state index contributed by atoms with van der Waals surface area (Å²) in [5, 5.41) is 0. The topological polar surface area (TPSA) is 75.4 Å². The molecular formula is C15H25N5O. The van der Waals surface area contributed by atoms with E-state index in [1.54, 1.807) is 18.6 Å². The van der Waals surface area contributed by atoms with Gasteiger partial charge in [0, 0.05) is 45.1 Å². The first kappa shape index (κ1) is 15.7. The predicted molar refractivity (Wildman–Crippen MR) is 82.9 cm³/mol. The molecule has 0 spiro atoms. The second kappa shape index (κ2) is 6.85. The number of aromatic nitrogens is 2. The molecule has 1 fully saturated rings. The van der Waals surface area contributed by atoms with E-state index >= 15 is 0 Å². The Morgan fingerprint density at radius 1 is 1.24 bits per heavy atom. The Morgan fingerprint density at radius 2 is 1.90 bits per heavy atom. The monoisotopic (exact) mass is 291 g/mol. The van der Waals surface area contributed by atoms with Crippen molar-refractivity contribution in [2.45, 2.75) is 26.7 Å². The van der Waals surface area contributed by atoms with Crippen molar-refractivity contribution in [3.8, 4) is 0 Å². The molecule has 0 aromatic carbocycles. The van der Waals surface area contributed by atoms with Crippen LogP contribution in [0.2, 0.25) is 0 Å². The van der Waals surface area contributed by atoms with E-state index in [0.29, 0.717) is 6.54 Å². The molecule has 0 radical (unpaired) electrons. The van der Waals surface area contributed by atoms with Crippen molar-refractivity contribution < 1.29 is 4.79 Å². The summed E-state index contributed by atoms with van der Waals surface area (Å²) in [6.07, 6.45) is 6.72. The molecule has 0 unspecified atom stereocenters. The molecule has 6 heteroatoms. The van der Waals surface area contributed by atoms with Gasteiger partial charge < -0.3 is 15.5 Å². The fourth-order valence-corrected chi connectivity index (χ4v) is 2.86. The predicted octanol–water partition coefficient (Wildman–Crippen LogP) is 0.890. The number of rotatable bonds is 5. The van der Waals surface area contributed by atoms with Gasteiger partial charge in [0.25, 0.3) is 0 Å². The van der Waals surface area contributed by atoms with Gasteiger partial charge in [0.15, 0.2) is 0 Å². The quantitative estimate of drug-likeness (QED) is 0.872. The Morgan fingerprint density at radius 3 is 2.38 bits per heavy atom. The summed E-state index contributed by atoms with van der Waals surface area (Å²) in [4.78, 5) is 25.3. The van der Waals surface area contributed by atoms with Crippen LogP contribution in [0.4, 0.5) is 5.82 Å². The first-order valence-electron chi connectivity index (χ1n) is 7.67. The van der Waals surface area contributed by atoms with Crippen LogP contribution in [0, 0.1) is 5.41 Å². The lowest BCUT2D eigenvalue weighted by Crippen LogP contribution is -2.55. The molecule has 1 amide bonds. The smallest absolute Gasteiger partial charge is 0.230 e. The van der Waals surface area contributed by atoms with Crippen LogP contribution in [0.3, 0.4) is 0 Å². The number of piperazine rings is 1. The molecule has 1 aliphatic rings. The van der Waals surface area contributed by atoms with Gasteiger partial charge in [0.1, 0.15) is 5.82 Å². The largest absolute Gasteiger partial charge is 0.352 e. The third-order valence-electron chi connectivity index (χ3n) is 4.64. The lowest BCUT2D eigenvalue weighted by atomic mass is 9.81. The van der Waals surface area contributed by atoms with Crippen LogP contribution >= 0.6 is 0 Å². The molecule has 1 aliphatic heterocycles. The Hall–Kier alpha value is -1.69. The number of hydrogen-bond donors (Lipinski definition) is 1. The summed E-state index contributed by atoms with van der Waals surface area (Å²) in [6.45, 7) is 7.53. The van der Waals surface area contributed by atoms with Gasteiger partial charge in [-0.2, -0.15) is 0 Å². The van der Waals surface area contributed by atoms with Crippen molar-refractivity contribution in [2.24, 2.45) is 11.1 Å². The highest BCUT2D eigenvalue weighted by atomic mass is 16.2. The van der Waals surface area contributed by atoms with E-state index in [9.17, 15) is 4.79 Å². The van der Waals surface area contributed by atoms with Crippen LogP contribution in [-0.4, -0.2) is 53.5 Å². The van der Waals surface area contributed by atoms with Gasteiger partial charge >= 0.3 is 0 Å². The van der Waals surface area contributed by atoms with Gasteiger partial charge in [-0.15, -0.1) is 0 Å². The van der Waals surface area contributed by atoms with Crippen LogP contribution in [0.5, 0.6) is 0 Å². The molecule has 21 heavy (non-hydrogen) atoms. The Bertz CT molecular complexity index is 444. The zero-order chi connectivity index (χ0) is 15.3. The molecule has 2 heterocycles.